The lowest BCUT2D eigenvalue weighted by atomic mass is 10.0. The second-order valence-corrected chi connectivity index (χ2v) is 4.85. The predicted octanol–water partition coefficient (Wildman–Crippen LogP) is 3.07. The van der Waals surface area contributed by atoms with E-state index < -0.39 is 0 Å². The van der Waals surface area contributed by atoms with Crippen LogP contribution in [0, 0.1) is 0 Å². The van der Waals surface area contributed by atoms with Crippen LogP contribution in [-0.4, -0.2) is 17.4 Å². The Balaban J connectivity index is 0.00000225. The van der Waals surface area contributed by atoms with Crippen LogP contribution in [0.1, 0.15) is 38.1 Å². The number of rotatable bonds is 3. The van der Waals surface area contributed by atoms with E-state index in [2.05, 4.69) is 26.1 Å². The van der Waals surface area contributed by atoms with Gasteiger partial charge in [-0.25, -0.2) is 0 Å². The third kappa shape index (κ3) is 4.77. The van der Waals surface area contributed by atoms with Gasteiger partial charge in [0, 0.05) is 11.1 Å². The van der Waals surface area contributed by atoms with Crippen LogP contribution in [0.5, 0.6) is 0 Å². The van der Waals surface area contributed by atoms with Crippen molar-refractivity contribution in [3.05, 3.63) is 35.9 Å². The fourth-order valence-electron chi connectivity index (χ4n) is 1.57. The molecular weight excluding hydrogens is 222 g/mol. The molecule has 1 N–H and O–H groups in total. The molecule has 0 saturated carbocycles. The van der Waals surface area contributed by atoms with Crippen LogP contribution < -0.4 is 5.32 Å². The minimum absolute atomic E-state index is 0. The minimum Gasteiger partial charge on any atom is -0.303 e. The first kappa shape index (κ1) is 15.1. The molecular formula is C13H20ClNO. The van der Waals surface area contributed by atoms with Crippen molar-refractivity contribution in [2.75, 3.05) is 0 Å². The molecule has 1 unspecified atom stereocenters. The summed E-state index contributed by atoms with van der Waals surface area (Å²) >= 11 is 0. The molecule has 0 fully saturated rings. The highest BCUT2D eigenvalue weighted by Crippen LogP contribution is 2.07. The predicted molar refractivity (Wildman–Crippen MR) is 70.4 cm³/mol. The molecule has 0 saturated heterocycles. The fourth-order valence-corrected chi connectivity index (χ4v) is 1.57. The van der Waals surface area contributed by atoms with E-state index in [1.807, 2.05) is 37.3 Å². The zero-order valence-electron chi connectivity index (χ0n) is 10.3. The van der Waals surface area contributed by atoms with Gasteiger partial charge in [-0.15, -0.1) is 12.4 Å². The minimum atomic E-state index is -0.146. The molecule has 0 spiro atoms. The summed E-state index contributed by atoms with van der Waals surface area (Å²) < 4.78 is 0. The Labute approximate surface area is 104 Å². The molecule has 0 aromatic heterocycles. The molecule has 16 heavy (non-hydrogen) atoms. The molecule has 1 aromatic carbocycles. The molecule has 2 nitrogen and oxygen atoms in total. The average Bonchev–Trinajstić information content (AvgIpc) is 2.15. The summed E-state index contributed by atoms with van der Waals surface area (Å²) in [5, 5.41) is 3.27. The van der Waals surface area contributed by atoms with E-state index in [1.54, 1.807) is 0 Å². The van der Waals surface area contributed by atoms with E-state index in [0.717, 1.165) is 5.56 Å². The Morgan fingerprint density at radius 1 is 1.19 bits per heavy atom. The van der Waals surface area contributed by atoms with Crippen molar-refractivity contribution in [3.63, 3.8) is 0 Å². The third-order valence-corrected chi connectivity index (χ3v) is 2.10. The zero-order chi connectivity index (χ0) is 11.5. The zero-order valence-corrected chi connectivity index (χ0v) is 11.1. The second-order valence-electron chi connectivity index (χ2n) is 4.85. The summed E-state index contributed by atoms with van der Waals surface area (Å²) in [6, 6.07) is 9.24. The van der Waals surface area contributed by atoms with E-state index >= 15 is 0 Å². The lowest BCUT2D eigenvalue weighted by Crippen LogP contribution is -2.46. The molecule has 1 rings (SSSR count). The summed E-state index contributed by atoms with van der Waals surface area (Å²) in [7, 11) is 0. The van der Waals surface area contributed by atoms with Crippen molar-refractivity contribution in [2.45, 2.75) is 39.3 Å². The summed E-state index contributed by atoms with van der Waals surface area (Å²) in [5.41, 5.74) is 0.728. The van der Waals surface area contributed by atoms with Gasteiger partial charge < -0.3 is 5.32 Å². The number of carbonyl (C=O) groups is 1. The maximum absolute atomic E-state index is 12.0. The lowest BCUT2D eigenvalue weighted by molar-refractivity contribution is 0.0936. The molecule has 0 aliphatic heterocycles. The molecule has 0 aliphatic rings. The summed E-state index contributed by atoms with van der Waals surface area (Å²) in [6.07, 6.45) is 0. The molecule has 0 amide bonds. The summed E-state index contributed by atoms with van der Waals surface area (Å²) in [4.78, 5) is 12.0. The molecule has 0 radical (unpaired) electrons. The van der Waals surface area contributed by atoms with Crippen LogP contribution in [0.25, 0.3) is 0 Å². The van der Waals surface area contributed by atoms with E-state index in [9.17, 15) is 4.79 Å². The van der Waals surface area contributed by atoms with Gasteiger partial charge in [0.2, 0.25) is 0 Å². The highest BCUT2D eigenvalue weighted by Gasteiger charge is 2.20. The highest BCUT2D eigenvalue weighted by molar-refractivity contribution is 5.99. The Morgan fingerprint density at radius 2 is 1.69 bits per heavy atom. The van der Waals surface area contributed by atoms with Gasteiger partial charge >= 0.3 is 0 Å². The third-order valence-electron chi connectivity index (χ3n) is 2.10. The van der Waals surface area contributed by atoms with Crippen LogP contribution in [0.2, 0.25) is 0 Å². The van der Waals surface area contributed by atoms with Crippen molar-refractivity contribution in [1.82, 2.24) is 5.32 Å². The van der Waals surface area contributed by atoms with E-state index in [-0.39, 0.29) is 29.8 Å². The topological polar surface area (TPSA) is 29.1 Å². The molecule has 0 aliphatic carbocycles. The van der Waals surface area contributed by atoms with Crippen LogP contribution in [0.4, 0.5) is 0 Å². The van der Waals surface area contributed by atoms with Gasteiger partial charge in [-0.1, -0.05) is 30.3 Å². The lowest BCUT2D eigenvalue weighted by Gasteiger charge is -2.25. The monoisotopic (exact) mass is 241 g/mol. The average molecular weight is 242 g/mol. The first-order valence-electron chi connectivity index (χ1n) is 5.27. The van der Waals surface area contributed by atoms with Gasteiger partial charge in [0.25, 0.3) is 0 Å². The van der Waals surface area contributed by atoms with Gasteiger partial charge in [0.15, 0.2) is 5.78 Å². The maximum Gasteiger partial charge on any atom is 0.179 e. The Hall–Kier alpha value is -0.860. The molecule has 0 bridgehead atoms. The number of halogens is 1. The fraction of sp³-hybridized carbons (Fsp3) is 0.462. The van der Waals surface area contributed by atoms with Gasteiger partial charge in [0.05, 0.1) is 6.04 Å². The van der Waals surface area contributed by atoms with Gasteiger partial charge in [-0.3, -0.25) is 4.79 Å². The Bertz CT molecular complexity index is 330. The van der Waals surface area contributed by atoms with Crippen LogP contribution in [0.3, 0.4) is 0 Å². The van der Waals surface area contributed by atoms with Crippen LogP contribution in [0.15, 0.2) is 30.3 Å². The van der Waals surface area contributed by atoms with E-state index in [0.29, 0.717) is 0 Å². The number of benzene rings is 1. The largest absolute Gasteiger partial charge is 0.303 e. The first-order valence-corrected chi connectivity index (χ1v) is 5.27. The van der Waals surface area contributed by atoms with Gasteiger partial charge in [0.1, 0.15) is 0 Å². The maximum atomic E-state index is 12.0. The van der Waals surface area contributed by atoms with Crippen LogP contribution >= 0.6 is 12.4 Å². The molecule has 1 atom stereocenters. The Morgan fingerprint density at radius 3 is 2.12 bits per heavy atom. The first-order chi connectivity index (χ1) is 6.90. The highest BCUT2D eigenvalue weighted by atomic mass is 35.5. The molecule has 3 heteroatoms. The SMILES string of the molecule is CC(NC(C)(C)C)C(=O)c1ccccc1.Cl. The molecule has 1 aromatic rings. The van der Waals surface area contributed by atoms with Gasteiger partial charge in [-0.05, 0) is 27.7 Å². The number of nitrogens with one attached hydrogen (secondary N) is 1. The number of hydrogen-bond donors (Lipinski definition) is 1. The summed E-state index contributed by atoms with van der Waals surface area (Å²) in [6.45, 7) is 8.08. The number of ketones is 1. The number of carbonyl (C=O) groups excluding carboxylic acids is 1. The van der Waals surface area contributed by atoms with Gasteiger partial charge in [-0.2, -0.15) is 0 Å². The molecule has 90 valence electrons. The number of Topliss-reactive ketones (excluding diaryl/α,β-unsaturated/α-hetero) is 1. The smallest absolute Gasteiger partial charge is 0.179 e. The van der Waals surface area contributed by atoms with Crippen molar-refractivity contribution < 1.29 is 4.79 Å². The van der Waals surface area contributed by atoms with E-state index in [4.69, 9.17) is 0 Å². The standard InChI is InChI=1S/C13H19NO.ClH/c1-10(14-13(2,3)4)12(15)11-8-6-5-7-9-11;/h5-10,14H,1-4H3;1H. The van der Waals surface area contributed by atoms with Crippen molar-refractivity contribution in [2.24, 2.45) is 0 Å². The Kier molecular flexibility index (Phi) is 5.70. The van der Waals surface area contributed by atoms with Crippen molar-refractivity contribution >= 4 is 18.2 Å². The number of hydrogen-bond acceptors (Lipinski definition) is 2. The van der Waals surface area contributed by atoms with Crippen LogP contribution in [-0.2, 0) is 0 Å². The molecule has 0 heterocycles. The quantitative estimate of drug-likeness (QED) is 0.825. The summed E-state index contributed by atoms with van der Waals surface area (Å²) in [5.74, 6) is 0.144. The van der Waals surface area contributed by atoms with E-state index in [1.165, 1.54) is 0 Å². The second kappa shape index (κ2) is 6.02. The van der Waals surface area contributed by atoms with Crippen molar-refractivity contribution in [1.29, 1.82) is 0 Å². The normalized spacial score (nSPS) is 12.8. The van der Waals surface area contributed by atoms with Crippen molar-refractivity contribution in [3.8, 4) is 0 Å².